The van der Waals surface area contributed by atoms with E-state index in [1.807, 2.05) is 22.6 Å². The molecule has 0 aliphatic rings. The number of aliphatic hydroxyl groups is 1. The highest BCUT2D eigenvalue weighted by Crippen LogP contribution is 2.25. The van der Waals surface area contributed by atoms with Crippen molar-refractivity contribution in [1.29, 1.82) is 0 Å². The number of amides is 1. The summed E-state index contributed by atoms with van der Waals surface area (Å²) in [6, 6.07) is 8.00. The van der Waals surface area contributed by atoms with Crippen molar-refractivity contribution < 1.29 is 23.5 Å². The average Bonchev–Trinajstić information content (AvgIpc) is 2.54. The van der Waals surface area contributed by atoms with Gasteiger partial charge in [0.15, 0.2) is 0 Å². The third-order valence-electron chi connectivity index (χ3n) is 3.00. The average molecular weight is 448 g/mol. The molecule has 0 aliphatic carbocycles. The van der Waals surface area contributed by atoms with Crippen LogP contribution in [0.15, 0.2) is 36.4 Å². The predicted octanol–water partition coefficient (Wildman–Crippen LogP) is 3.36. The maximum atomic E-state index is 13.9. The second kappa shape index (κ2) is 8.90. The largest absolute Gasteiger partial charge is 0.396 e. The fourth-order valence-electron chi connectivity index (χ4n) is 1.86. The molecule has 0 unspecified atom stereocenters. The van der Waals surface area contributed by atoms with Gasteiger partial charge in [0.05, 0.1) is 23.5 Å². The highest BCUT2D eigenvalue weighted by atomic mass is 127. The van der Waals surface area contributed by atoms with Crippen molar-refractivity contribution in [2.75, 3.05) is 18.5 Å². The Balaban J connectivity index is 2.19. The smallest absolute Gasteiger partial charge is 0.276 e. The van der Waals surface area contributed by atoms with Crippen molar-refractivity contribution >= 4 is 39.9 Å². The van der Waals surface area contributed by atoms with E-state index in [4.69, 9.17) is 9.94 Å². The number of hydrogen-bond donors (Lipinski definition) is 3. The number of halogens is 3. The molecule has 1 amide bonds. The van der Waals surface area contributed by atoms with Gasteiger partial charge in [0.25, 0.3) is 5.91 Å². The molecule has 2 aromatic carbocycles. The quantitative estimate of drug-likeness (QED) is 0.345. The SMILES string of the molecule is O=C(NOCCCO)c1ccc(F)cc1Nc1ccc(I)cc1F. The number of carbonyl (C=O) groups excluding carboxylic acids is 1. The Kier molecular flexibility index (Phi) is 6.88. The van der Waals surface area contributed by atoms with Crippen molar-refractivity contribution in [2.45, 2.75) is 6.42 Å². The molecule has 2 rings (SSSR count). The first-order chi connectivity index (χ1) is 11.5. The van der Waals surface area contributed by atoms with E-state index in [0.29, 0.717) is 9.99 Å². The number of hydroxylamine groups is 1. The second-order valence-corrected chi connectivity index (χ2v) is 6.04. The summed E-state index contributed by atoms with van der Waals surface area (Å²) >= 11 is 1.97. The number of hydrogen-bond acceptors (Lipinski definition) is 4. The van der Waals surface area contributed by atoms with Crippen molar-refractivity contribution in [3.63, 3.8) is 0 Å². The molecule has 0 bridgehead atoms. The summed E-state index contributed by atoms with van der Waals surface area (Å²) in [6.07, 6.45) is 0.364. The normalized spacial score (nSPS) is 10.5. The summed E-state index contributed by atoms with van der Waals surface area (Å²) in [7, 11) is 0. The van der Waals surface area contributed by atoms with Crippen LogP contribution in [0.3, 0.4) is 0 Å². The van der Waals surface area contributed by atoms with Crippen LogP contribution < -0.4 is 10.8 Å². The lowest BCUT2D eigenvalue weighted by atomic mass is 10.1. The zero-order valence-corrected chi connectivity index (χ0v) is 14.6. The summed E-state index contributed by atoms with van der Waals surface area (Å²) in [5, 5.41) is 11.4. The third kappa shape index (κ3) is 5.11. The van der Waals surface area contributed by atoms with Crippen molar-refractivity contribution in [2.24, 2.45) is 0 Å². The number of carbonyl (C=O) groups is 1. The first-order valence-corrected chi connectivity index (χ1v) is 8.13. The molecule has 8 heteroatoms. The summed E-state index contributed by atoms with van der Waals surface area (Å²) in [6.45, 7) is 0.0727. The minimum absolute atomic E-state index is 0.0642. The molecule has 2 aromatic rings. The molecular weight excluding hydrogens is 433 g/mol. The van der Waals surface area contributed by atoms with Gasteiger partial charge in [-0.2, -0.15) is 0 Å². The van der Waals surface area contributed by atoms with Crippen molar-refractivity contribution in [3.05, 3.63) is 57.2 Å². The van der Waals surface area contributed by atoms with Crippen molar-refractivity contribution in [1.82, 2.24) is 5.48 Å². The van der Waals surface area contributed by atoms with Crippen LogP contribution in [-0.2, 0) is 4.84 Å². The molecule has 0 saturated carbocycles. The van der Waals surface area contributed by atoms with Gasteiger partial charge in [-0.25, -0.2) is 14.3 Å². The van der Waals surface area contributed by atoms with E-state index in [0.717, 1.165) is 12.1 Å². The van der Waals surface area contributed by atoms with E-state index >= 15 is 0 Å². The fourth-order valence-corrected chi connectivity index (χ4v) is 2.32. The van der Waals surface area contributed by atoms with E-state index in [-0.39, 0.29) is 30.2 Å². The molecule has 24 heavy (non-hydrogen) atoms. The lowest BCUT2D eigenvalue weighted by Crippen LogP contribution is -2.25. The zero-order valence-electron chi connectivity index (χ0n) is 12.5. The number of rotatable bonds is 7. The van der Waals surface area contributed by atoms with Crippen LogP contribution >= 0.6 is 22.6 Å². The van der Waals surface area contributed by atoms with Crippen LogP contribution in [0.1, 0.15) is 16.8 Å². The lowest BCUT2D eigenvalue weighted by Gasteiger charge is -2.13. The number of benzene rings is 2. The molecule has 0 aromatic heterocycles. The van der Waals surface area contributed by atoms with E-state index in [1.54, 1.807) is 6.07 Å². The van der Waals surface area contributed by atoms with E-state index < -0.39 is 17.5 Å². The second-order valence-electron chi connectivity index (χ2n) is 4.80. The van der Waals surface area contributed by atoms with E-state index in [1.165, 1.54) is 18.2 Å². The van der Waals surface area contributed by atoms with Gasteiger partial charge in [-0.3, -0.25) is 9.63 Å². The topological polar surface area (TPSA) is 70.6 Å². The van der Waals surface area contributed by atoms with Crippen LogP contribution in [0.4, 0.5) is 20.2 Å². The van der Waals surface area contributed by atoms with Crippen LogP contribution in [0.25, 0.3) is 0 Å². The molecular formula is C16H15F2IN2O3. The molecule has 0 saturated heterocycles. The third-order valence-corrected chi connectivity index (χ3v) is 3.67. The molecule has 0 atom stereocenters. The Hall–Kier alpha value is -1.78. The molecule has 3 N–H and O–H groups in total. The minimum atomic E-state index is -0.610. The summed E-state index contributed by atoms with van der Waals surface area (Å²) in [4.78, 5) is 17.0. The Morgan fingerprint density at radius 3 is 2.67 bits per heavy atom. The van der Waals surface area contributed by atoms with Crippen molar-refractivity contribution in [3.8, 4) is 0 Å². The maximum absolute atomic E-state index is 13.9. The van der Waals surface area contributed by atoms with E-state index in [9.17, 15) is 13.6 Å². The fraction of sp³-hybridized carbons (Fsp3) is 0.188. The number of aliphatic hydroxyl groups excluding tert-OH is 1. The first kappa shape index (κ1) is 18.6. The summed E-state index contributed by atoms with van der Waals surface area (Å²) < 4.78 is 28.2. The van der Waals surface area contributed by atoms with Crippen LogP contribution in [0.5, 0.6) is 0 Å². The Morgan fingerprint density at radius 1 is 1.17 bits per heavy atom. The standard InChI is InChI=1S/C16H15F2IN2O3/c17-10-2-4-12(16(23)21-24-7-1-6-22)15(8-10)20-14-5-3-11(19)9-13(14)18/h2-5,8-9,20,22H,1,6-7H2,(H,21,23). The number of nitrogens with one attached hydrogen (secondary N) is 2. The van der Waals surface area contributed by atoms with Gasteiger partial charge in [-0.1, -0.05) is 0 Å². The highest BCUT2D eigenvalue weighted by molar-refractivity contribution is 14.1. The van der Waals surface area contributed by atoms with Gasteiger partial charge >= 0.3 is 0 Å². The van der Waals surface area contributed by atoms with Gasteiger partial charge in [-0.05, 0) is 65.4 Å². The van der Waals surface area contributed by atoms with Crippen LogP contribution in [-0.4, -0.2) is 24.2 Å². The maximum Gasteiger partial charge on any atom is 0.276 e. The molecule has 0 heterocycles. The Morgan fingerprint density at radius 2 is 1.96 bits per heavy atom. The van der Waals surface area contributed by atoms with Crippen LogP contribution in [0.2, 0.25) is 0 Å². The summed E-state index contributed by atoms with van der Waals surface area (Å²) in [5.74, 6) is -1.70. The number of anilines is 2. The van der Waals surface area contributed by atoms with Gasteiger partial charge in [-0.15, -0.1) is 0 Å². The van der Waals surface area contributed by atoms with Gasteiger partial charge in [0, 0.05) is 10.2 Å². The summed E-state index contributed by atoms with van der Waals surface area (Å²) in [5.41, 5.74) is 2.52. The minimum Gasteiger partial charge on any atom is -0.396 e. The predicted molar refractivity (Wildman–Crippen MR) is 93.9 cm³/mol. The van der Waals surface area contributed by atoms with E-state index in [2.05, 4.69) is 10.8 Å². The first-order valence-electron chi connectivity index (χ1n) is 7.06. The van der Waals surface area contributed by atoms with Gasteiger partial charge in [0.2, 0.25) is 0 Å². The molecule has 0 aliphatic heterocycles. The van der Waals surface area contributed by atoms with Gasteiger partial charge in [0.1, 0.15) is 11.6 Å². The van der Waals surface area contributed by atoms with Crippen LogP contribution in [0, 0.1) is 15.2 Å². The highest BCUT2D eigenvalue weighted by Gasteiger charge is 2.14. The molecule has 5 nitrogen and oxygen atoms in total. The molecule has 0 fully saturated rings. The lowest BCUT2D eigenvalue weighted by molar-refractivity contribution is 0.0262. The Bertz CT molecular complexity index is 728. The zero-order chi connectivity index (χ0) is 17.5. The molecule has 0 radical (unpaired) electrons. The molecule has 128 valence electrons. The monoisotopic (exact) mass is 448 g/mol. The van der Waals surface area contributed by atoms with Gasteiger partial charge < -0.3 is 10.4 Å². The Labute approximate surface area is 151 Å². The molecule has 0 spiro atoms.